The first kappa shape index (κ1) is 15.0. The highest BCUT2D eigenvalue weighted by molar-refractivity contribution is 5.93. The zero-order valence-corrected chi connectivity index (χ0v) is 12.8. The number of aryl methyl sites for hydroxylation is 2. The number of rotatable bonds is 4. The molecule has 1 heterocycles. The largest absolute Gasteiger partial charge is 0.335 e. The molecular formula is C15H26N4O. The Morgan fingerprint density at radius 1 is 1.40 bits per heavy atom. The molecule has 2 N–H and O–H groups in total. The zero-order chi connectivity index (χ0) is 14.7. The molecular weight excluding hydrogens is 252 g/mol. The number of carbonyl (C=O) groups is 1. The number of amides is 1. The van der Waals surface area contributed by atoms with E-state index in [1.165, 1.54) is 0 Å². The summed E-state index contributed by atoms with van der Waals surface area (Å²) in [6.45, 7) is 7.46. The van der Waals surface area contributed by atoms with Crippen LogP contribution >= 0.6 is 0 Å². The molecule has 1 fully saturated rings. The number of hydrogen-bond donors (Lipinski definition) is 1. The van der Waals surface area contributed by atoms with Crippen molar-refractivity contribution in [2.45, 2.75) is 65.1 Å². The predicted molar refractivity (Wildman–Crippen MR) is 79.6 cm³/mol. The molecule has 112 valence electrons. The minimum absolute atomic E-state index is 0.107. The maximum atomic E-state index is 12.8. The first-order valence-electron chi connectivity index (χ1n) is 7.67. The van der Waals surface area contributed by atoms with Crippen LogP contribution in [0.15, 0.2) is 6.07 Å². The summed E-state index contributed by atoms with van der Waals surface area (Å²) in [5.41, 5.74) is 7.57. The van der Waals surface area contributed by atoms with Gasteiger partial charge in [0.15, 0.2) is 0 Å². The van der Waals surface area contributed by atoms with Crippen LogP contribution in [-0.2, 0) is 6.54 Å². The lowest BCUT2D eigenvalue weighted by Gasteiger charge is -2.35. The fourth-order valence-corrected chi connectivity index (χ4v) is 3.09. The molecule has 0 bridgehead atoms. The molecule has 0 aliphatic heterocycles. The van der Waals surface area contributed by atoms with Gasteiger partial charge in [0.25, 0.3) is 5.91 Å². The van der Waals surface area contributed by atoms with E-state index in [0.717, 1.165) is 44.5 Å². The first-order valence-corrected chi connectivity index (χ1v) is 7.67. The zero-order valence-electron chi connectivity index (χ0n) is 12.8. The van der Waals surface area contributed by atoms with Crippen LogP contribution in [0.3, 0.4) is 0 Å². The minimum Gasteiger partial charge on any atom is -0.335 e. The van der Waals surface area contributed by atoms with Gasteiger partial charge >= 0.3 is 0 Å². The van der Waals surface area contributed by atoms with Gasteiger partial charge in [-0.25, -0.2) is 0 Å². The van der Waals surface area contributed by atoms with Crippen LogP contribution in [0.2, 0.25) is 0 Å². The van der Waals surface area contributed by atoms with Crippen LogP contribution in [0.25, 0.3) is 0 Å². The Balaban J connectivity index is 2.16. The maximum absolute atomic E-state index is 12.8. The van der Waals surface area contributed by atoms with Crippen LogP contribution in [0.5, 0.6) is 0 Å². The molecule has 0 atom stereocenters. The smallest absolute Gasteiger partial charge is 0.272 e. The molecule has 0 radical (unpaired) electrons. The van der Waals surface area contributed by atoms with Gasteiger partial charge in [-0.15, -0.1) is 0 Å². The molecule has 1 amide bonds. The second kappa shape index (κ2) is 6.39. The lowest BCUT2D eigenvalue weighted by molar-refractivity contribution is 0.0628. The van der Waals surface area contributed by atoms with E-state index in [1.54, 1.807) is 4.68 Å². The Morgan fingerprint density at radius 2 is 2.05 bits per heavy atom. The van der Waals surface area contributed by atoms with E-state index < -0.39 is 0 Å². The van der Waals surface area contributed by atoms with E-state index in [0.29, 0.717) is 17.8 Å². The van der Waals surface area contributed by atoms with Gasteiger partial charge in [0.1, 0.15) is 5.69 Å². The average Bonchev–Trinajstić information content (AvgIpc) is 2.82. The Kier molecular flexibility index (Phi) is 4.81. The van der Waals surface area contributed by atoms with Crippen LogP contribution in [0.1, 0.15) is 55.7 Å². The summed E-state index contributed by atoms with van der Waals surface area (Å²) >= 11 is 0. The summed E-state index contributed by atoms with van der Waals surface area (Å²) in [5, 5.41) is 4.37. The van der Waals surface area contributed by atoms with Crippen molar-refractivity contribution in [1.29, 1.82) is 0 Å². The van der Waals surface area contributed by atoms with E-state index in [1.807, 2.05) is 31.7 Å². The van der Waals surface area contributed by atoms with Crippen molar-refractivity contribution in [3.8, 4) is 0 Å². The first-order chi connectivity index (χ1) is 9.56. The summed E-state index contributed by atoms with van der Waals surface area (Å²) in [6.07, 6.45) is 4.06. The summed E-state index contributed by atoms with van der Waals surface area (Å²) in [4.78, 5) is 14.8. The molecule has 5 heteroatoms. The Bertz CT molecular complexity index is 460. The molecule has 5 nitrogen and oxygen atoms in total. The fourth-order valence-electron chi connectivity index (χ4n) is 3.09. The molecule has 1 saturated carbocycles. The number of nitrogens with zero attached hydrogens (tertiary/aromatic N) is 3. The van der Waals surface area contributed by atoms with Gasteiger partial charge in [-0.05, 0) is 52.5 Å². The third-order valence-corrected chi connectivity index (χ3v) is 4.20. The SMILES string of the molecule is CCN(C(=O)c1cc(C)nn1CC)C1CCC(N)CC1. The summed E-state index contributed by atoms with van der Waals surface area (Å²) < 4.78 is 1.80. The molecule has 1 aromatic heterocycles. The van der Waals surface area contributed by atoms with Crippen molar-refractivity contribution >= 4 is 5.91 Å². The molecule has 0 aromatic carbocycles. The highest BCUT2D eigenvalue weighted by Gasteiger charge is 2.28. The van der Waals surface area contributed by atoms with Gasteiger partial charge < -0.3 is 10.6 Å². The van der Waals surface area contributed by atoms with Crippen molar-refractivity contribution in [1.82, 2.24) is 14.7 Å². The molecule has 20 heavy (non-hydrogen) atoms. The van der Waals surface area contributed by atoms with Crippen molar-refractivity contribution < 1.29 is 4.79 Å². The van der Waals surface area contributed by atoms with E-state index in [-0.39, 0.29) is 5.91 Å². The molecule has 0 spiro atoms. The van der Waals surface area contributed by atoms with Crippen LogP contribution in [0.4, 0.5) is 0 Å². The minimum atomic E-state index is 0.107. The number of hydrogen-bond acceptors (Lipinski definition) is 3. The van der Waals surface area contributed by atoms with E-state index in [4.69, 9.17) is 5.73 Å². The van der Waals surface area contributed by atoms with Gasteiger partial charge in [0, 0.05) is 25.2 Å². The van der Waals surface area contributed by atoms with Gasteiger partial charge in [-0.3, -0.25) is 9.48 Å². The van der Waals surface area contributed by atoms with Crippen LogP contribution in [-0.4, -0.2) is 39.2 Å². The monoisotopic (exact) mass is 278 g/mol. The normalized spacial score (nSPS) is 22.8. The second-order valence-corrected chi connectivity index (χ2v) is 5.65. The summed E-state index contributed by atoms with van der Waals surface area (Å²) in [5.74, 6) is 0.107. The number of aromatic nitrogens is 2. The summed E-state index contributed by atoms with van der Waals surface area (Å²) in [7, 11) is 0. The number of carbonyl (C=O) groups excluding carboxylic acids is 1. The summed E-state index contributed by atoms with van der Waals surface area (Å²) in [6, 6.07) is 2.53. The lowest BCUT2D eigenvalue weighted by Crippen LogP contribution is -2.44. The fraction of sp³-hybridized carbons (Fsp3) is 0.733. The lowest BCUT2D eigenvalue weighted by atomic mass is 9.90. The van der Waals surface area contributed by atoms with Crippen molar-refractivity contribution in [3.63, 3.8) is 0 Å². The van der Waals surface area contributed by atoms with E-state index >= 15 is 0 Å². The molecule has 1 aliphatic rings. The highest BCUT2D eigenvalue weighted by atomic mass is 16.2. The Labute approximate surface area is 121 Å². The third-order valence-electron chi connectivity index (χ3n) is 4.20. The van der Waals surface area contributed by atoms with Gasteiger partial charge in [0.05, 0.1) is 5.69 Å². The molecule has 0 unspecified atom stereocenters. The standard InChI is InChI=1S/C15H26N4O/c1-4-18(13-8-6-12(16)7-9-13)15(20)14-10-11(3)17-19(14)5-2/h10,12-13H,4-9,16H2,1-3H3. The van der Waals surface area contributed by atoms with Crippen LogP contribution < -0.4 is 5.73 Å². The van der Waals surface area contributed by atoms with Gasteiger partial charge in [-0.1, -0.05) is 0 Å². The molecule has 1 aromatic rings. The molecule has 0 saturated heterocycles. The quantitative estimate of drug-likeness (QED) is 0.915. The Hall–Kier alpha value is -1.36. The van der Waals surface area contributed by atoms with Crippen molar-refractivity contribution in [2.24, 2.45) is 5.73 Å². The highest BCUT2D eigenvalue weighted by Crippen LogP contribution is 2.23. The third kappa shape index (κ3) is 3.03. The second-order valence-electron chi connectivity index (χ2n) is 5.65. The topological polar surface area (TPSA) is 64.2 Å². The van der Waals surface area contributed by atoms with Crippen molar-refractivity contribution in [2.75, 3.05) is 6.54 Å². The average molecular weight is 278 g/mol. The molecule has 2 rings (SSSR count). The van der Waals surface area contributed by atoms with E-state index in [2.05, 4.69) is 5.10 Å². The van der Waals surface area contributed by atoms with Crippen LogP contribution in [0, 0.1) is 6.92 Å². The van der Waals surface area contributed by atoms with Crippen molar-refractivity contribution in [3.05, 3.63) is 17.5 Å². The van der Waals surface area contributed by atoms with E-state index in [9.17, 15) is 4.79 Å². The molecule has 1 aliphatic carbocycles. The maximum Gasteiger partial charge on any atom is 0.272 e. The van der Waals surface area contributed by atoms with Gasteiger partial charge in [-0.2, -0.15) is 5.10 Å². The number of nitrogens with two attached hydrogens (primary N) is 1. The Morgan fingerprint density at radius 3 is 2.60 bits per heavy atom. The van der Waals surface area contributed by atoms with Gasteiger partial charge in [0.2, 0.25) is 0 Å². The predicted octanol–water partition coefficient (Wildman–Crippen LogP) is 1.94.